The zero-order valence-electron chi connectivity index (χ0n) is 8.81. The van der Waals surface area contributed by atoms with E-state index in [0.29, 0.717) is 12.2 Å². The smallest absolute Gasteiger partial charge is 0.299 e. The highest BCUT2D eigenvalue weighted by Gasteiger charge is 2.26. The fourth-order valence-corrected chi connectivity index (χ4v) is 2.54. The highest BCUT2D eigenvalue weighted by atomic mass is 32.2. The van der Waals surface area contributed by atoms with E-state index >= 15 is 0 Å². The predicted octanol–water partition coefficient (Wildman–Crippen LogP) is 0.554. The molecule has 0 bridgehead atoms. The number of nitrogens with two attached hydrogens (primary N) is 1. The fraction of sp³-hybridized carbons (Fsp3) is 0.400. The van der Waals surface area contributed by atoms with Gasteiger partial charge in [-0.05, 0) is 30.5 Å². The molecule has 1 aromatic rings. The number of nitrogens with one attached hydrogen (secondary N) is 2. The fourth-order valence-electron chi connectivity index (χ4n) is 1.37. The van der Waals surface area contributed by atoms with Gasteiger partial charge in [-0.3, -0.25) is 4.72 Å². The summed E-state index contributed by atoms with van der Waals surface area (Å²) >= 11 is 0. The molecule has 2 rings (SSSR count). The molecule has 6 heteroatoms. The van der Waals surface area contributed by atoms with Crippen molar-refractivity contribution in [1.82, 2.24) is 4.72 Å². The molecule has 1 aromatic carbocycles. The Balaban J connectivity index is 2.06. The lowest BCUT2D eigenvalue weighted by molar-refractivity contribution is 0.586. The van der Waals surface area contributed by atoms with Crippen molar-refractivity contribution in [2.45, 2.75) is 25.4 Å². The third kappa shape index (κ3) is 3.19. The summed E-state index contributed by atoms with van der Waals surface area (Å²) < 4.78 is 28.2. The second-order valence-corrected chi connectivity index (χ2v) is 5.35. The summed E-state index contributed by atoms with van der Waals surface area (Å²) in [6.07, 6.45) is 1.84. The summed E-state index contributed by atoms with van der Waals surface area (Å²) in [5.41, 5.74) is 6.91. The minimum absolute atomic E-state index is 0.107. The number of hydrogen-bond acceptors (Lipinski definition) is 3. The SMILES string of the molecule is NCc1cccc(NS(=O)(=O)NC2CC2)c1. The average molecular weight is 241 g/mol. The Morgan fingerprint density at radius 2 is 2.12 bits per heavy atom. The largest absolute Gasteiger partial charge is 0.326 e. The van der Waals surface area contributed by atoms with Crippen LogP contribution in [0.5, 0.6) is 0 Å². The highest BCUT2D eigenvalue weighted by Crippen LogP contribution is 2.20. The van der Waals surface area contributed by atoms with Crippen molar-refractivity contribution in [3.8, 4) is 0 Å². The second-order valence-electron chi connectivity index (χ2n) is 3.90. The molecule has 0 unspecified atom stereocenters. The van der Waals surface area contributed by atoms with Gasteiger partial charge >= 0.3 is 0 Å². The lowest BCUT2D eigenvalue weighted by atomic mass is 10.2. The molecule has 0 aliphatic heterocycles. The number of rotatable bonds is 5. The van der Waals surface area contributed by atoms with Gasteiger partial charge in [0.15, 0.2) is 0 Å². The standard InChI is InChI=1S/C10H15N3O2S/c11-7-8-2-1-3-10(6-8)13-16(14,15)12-9-4-5-9/h1-3,6,9,12-13H,4-5,7,11H2. The summed E-state index contributed by atoms with van der Waals surface area (Å²) in [7, 11) is -3.44. The molecule has 0 spiro atoms. The number of benzene rings is 1. The number of anilines is 1. The zero-order chi connectivity index (χ0) is 11.6. The molecular formula is C10H15N3O2S. The van der Waals surface area contributed by atoms with E-state index in [-0.39, 0.29) is 6.04 Å². The summed E-state index contributed by atoms with van der Waals surface area (Å²) in [5.74, 6) is 0. The van der Waals surface area contributed by atoms with Crippen LogP contribution >= 0.6 is 0 Å². The first-order valence-electron chi connectivity index (χ1n) is 5.18. The maximum absolute atomic E-state index is 11.6. The summed E-state index contributed by atoms with van der Waals surface area (Å²) in [6, 6.07) is 7.16. The molecule has 1 aliphatic carbocycles. The van der Waals surface area contributed by atoms with Crippen LogP contribution in [0.4, 0.5) is 5.69 Å². The highest BCUT2D eigenvalue weighted by molar-refractivity contribution is 7.90. The minimum Gasteiger partial charge on any atom is -0.326 e. The van der Waals surface area contributed by atoms with E-state index in [4.69, 9.17) is 5.73 Å². The van der Waals surface area contributed by atoms with E-state index in [2.05, 4.69) is 9.44 Å². The van der Waals surface area contributed by atoms with Gasteiger partial charge in [-0.1, -0.05) is 12.1 Å². The maximum Gasteiger partial charge on any atom is 0.299 e. The molecule has 5 nitrogen and oxygen atoms in total. The van der Waals surface area contributed by atoms with E-state index in [1.54, 1.807) is 18.2 Å². The normalized spacial score (nSPS) is 16.1. The van der Waals surface area contributed by atoms with E-state index in [1.807, 2.05) is 6.07 Å². The Morgan fingerprint density at radius 1 is 1.38 bits per heavy atom. The molecule has 0 aromatic heterocycles. The van der Waals surface area contributed by atoms with Crippen LogP contribution in [0.2, 0.25) is 0 Å². The maximum atomic E-state index is 11.6. The monoisotopic (exact) mass is 241 g/mol. The van der Waals surface area contributed by atoms with Crippen molar-refractivity contribution in [1.29, 1.82) is 0 Å². The topological polar surface area (TPSA) is 84.2 Å². The average Bonchev–Trinajstić information content (AvgIpc) is 3.00. The number of hydrogen-bond donors (Lipinski definition) is 3. The van der Waals surface area contributed by atoms with Crippen LogP contribution in [0.15, 0.2) is 24.3 Å². The third-order valence-corrected chi connectivity index (χ3v) is 3.46. The first-order chi connectivity index (χ1) is 7.59. The Kier molecular flexibility index (Phi) is 3.13. The van der Waals surface area contributed by atoms with Crippen LogP contribution in [0.3, 0.4) is 0 Å². The molecule has 0 atom stereocenters. The molecule has 1 aliphatic rings. The zero-order valence-corrected chi connectivity index (χ0v) is 9.63. The summed E-state index contributed by atoms with van der Waals surface area (Å²) in [4.78, 5) is 0. The van der Waals surface area contributed by atoms with E-state index in [9.17, 15) is 8.42 Å². The van der Waals surface area contributed by atoms with Crippen LogP contribution < -0.4 is 15.2 Å². The van der Waals surface area contributed by atoms with Gasteiger partial charge in [0.05, 0.1) is 5.69 Å². The summed E-state index contributed by atoms with van der Waals surface area (Å²) in [6.45, 7) is 0.394. The van der Waals surface area contributed by atoms with Crippen LogP contribution in [0.25, 0.3) is 0 Å². The van der Waals surface area contributed by atoms with Gasteiger partial charge in [-0.15, -0.1) is 0 Å². The van der Waals surface area contributed by atoms with E-state index in [1.165, 1.54) is 0 Å². The van der Waals surface area contributed by atoms with Crippen molar-refractivity contribution < 1.29 is 8.42 Å². The molecule has 0 heterocycles. The van der Waals surface area contributed by atoms with Crippen molar-refractivity contribution in [2.24, 2.45) is 5.73 Å². The Bertz CT molecular complexity index is 469. The molecule has 16 heavy (non-hydrogen) atoms. The Labute approximate surface area is 95.2 Å². The minimum atomic E-state index is -3.44. The first kappa shape index (κ1) is 11.4. The lowest BCUT2D eigenvalue weighted by Crippen LogP contribution is -2.31. The van der Waals surface area contributed by atoms with Gasteiger partial charge in [0.25, 0.3) is 10.2 Å². The van der Waals surface area contributed by atoms with Gasteiger partial charge in [0.1, 0.15) is 0 Å². The van der Waals surface area contributed by atoms with Gasteiger partial charge in [-0.25, -0.2) is 0 Å². The first-order valence-corrected chi connectivity index (χ1v) is 6.66. The molecule has 0 radical (unpaired) electrons. The van der Waals surface area contributed by atoms with Crippen LogP contribution in [-0.2, 0) is 16.8 Å². The van der Waals surface area contributed by atoms with E-state index < -0.39 is 10.2 Å². The predicted molar refractivity (Wildman–Crippen MR) is 63.0 cm³/mol. The molecular weight excluding hydrogens is 226 g/mol. The van der Waals surface area contributed by atoms with Crippen LogP contribution in [0.1, 0.15) is 18.4 Å². The third-order valence-electron chi connectivity index (χ3n) is 2.31. The molecule has 88 valence electrons. The molecule has 0 amide bonds. The van der Waals surface area contributed by atoms with Crippen LogP contribution in [-0.4, -0.2) is 14.5 Å². The molecule has 4 N–H and O–H groups in total. The van der Waals surface area contributed by atoms with E-state index in [0.717, 1.165) is 18.4 Å². The lowest BCUT2D eigenvalue weighted by Gasteiger charge is -2.09. The quantitative estimate of drug-likeness (QED) is 0.704. The summed E-state index contributed by atoms with van der Waals surface area (Å²) in [5, 5.41) is 0. The van der Waals surface area contributed by atoms with Crippen LogP contribution in [0, 0.1) is 0 Å². The Morgan fingerprint density at radius 3 is 2.75 bits per heavy atom. The van der Waals surface area contributed by atoms with Gasteiger partial charge < -0.3 is 5.73 Å². The second kappa shape index (κ2) is 4.40. The van der Waals surface area contributed by atoms with Gasteiger partial charge in [0, 0.05) is 12.6 Å². The van der Waals surface area contributed by atoms with Crippen molar-refractivity contribution in [2.75, 3.05) is 4.72 Å². The molecule has 1 fully saturated rings. The molecule has 0 saturated heterocycles. The van der Waals surface area contributed by atoms with Gasteiger partial charge in [0.2, 0.25) is 0 Å². The van der Waals surface area contributed by atoms with Crippen molar-refractivity contribution in [3.05, 3.63) is 29.8 Å². The Hall–Kier alpha value is -1.11. The van der Waals surface area contributed by atoms with Gasteiger partial charge in [-0.2, -0.15) is 13.1 Å². The van der Waals surface area contributed by atoms with Crippen molar-refractivity contribution in [3.63, 3.8) is 0 Å². The molecule has 1 saturated carbocycles. The van der Waals surface area contributed by atoms with Crippen molar-refractivity contribution >= 4 is 15.9 Å².